The molecule has 3 heteroatoms. The maximum absolute atomic E-state index is 5.76. The highest BCUT2D eigenvalue weighted by atomic mass is 32.1. The molecule has 0 atom stereocenters. The number of nitrogens with one attached hydrogen (secondary N) is 1. The Hall–Kier alpha value is -1.09. The lowest BCUT2D eigenvalue weighted by molar-refractivity contribution is 1.11. The molecule has 0 aliphatic rings. The van der Waals surface area contributed by atoms with Crippen molar-refractivity contribution in [3.8, 4) is 0 Å². The Bertz CT molecular complexity index is 333. The number of aryl methyl sites for hydroxylation is 1. The summed E-state index contributed by atoms with van der Waals surface area (Å²) in [4.78, 5) is 0.941. The van der Waals surface area contributed by atoms with E-state index in [9.17, 15) is 0 Å². The van der Waals surface area contributed by atoms with Crippen LogP contribution in [0.15, 0.2) is 23.6 Å². The van der Waals surface area contributed by atoms with Gasteiger partial charge in [0.05, 0.1) is 0 Å². The maximum atomic E-state index is 5.76. The summed E-state index contributed by atoms with van der Waals surface area (Å²) in [6.07, 6.45) is 0.925. The summed E-state index contributed by atoms with van der Waals surface area (Å²) in [5, 5.41) is 3.10. The van der Waals surface area contributed by atoms with Gasteiger partial charge in [-0.3, -0.25) is 0 Å². The first-order valence-electron chi connectivity index (χ1n) is 4.58. The van der Waals surface area contributed by atoms with E-state index >= 15 is 0 Å². The second-order valence-corrected chi connectivity index (χ2v) is 3.67. The van der Waals surface area contributed by atoms with Crippen LogP contribution in [-0.4, -0.2) is 7.05 Å². The standard InChI is InChI=1S/C11H16N2S/c1-4-8-5-9(14)6-10(13-3)11(8)7(2)12/h5-6,13-14H,2,4,12H2,1,3H3. The van der Waals surface area contributed by atoms with E-state index in [0.717, 1.165) is 22.6 Å². The third-order valence-electron chi connectivity index (χ3n) is 2.18. The number of rotatable bonds is 3. The van der Waals surface area contributed by atoms with Crippen LogP contribution in [0, 0.1) is 0 Å². The highest BCUT2D eigenvalue weighted by Crippen LogP contribution is 2.27. The Morgan fingerprint density at radius 3 is 2.64 bits per heavy atom. The van der Waals surface area contributed by atoms with Gasteiger partial charge in [0.1, 0.15) is 0 Å². The lowest BCUT2D eigenvalue weighted by Gasteiger charge is -2.14. The van der Waals surface area contributed by atoms with E-state index in [1.54, 1.807) is 0 Å². The molecule has 14 heavy (non-hydrogen) atoms. The van der Waals surface area contributed by atoms with Crippen LogP contribution in [0.5, 0.6) is 0 Å². The summed E-state index contributed by atoms with van der Waals surface area (Å²) in [5.41, 5.74) is 9.52. The SMILES string of the molecule is C=C(N)c1c(CC)cc(S)cc1NC. The molecule has 0 unspecified atom stereocenters. The molecule has 0 aliphatic carbocycles. The van der Waals surface area contributed by atoms with Crippen LogP contribution in [0.2, 0.25) is 0 Å². The predicted octanol–water partition coefficient (Wildman–Crippen LogP) is 2.51. The van der Waals surface area contributed by atoms with Gasteiger partial charge in [-0.2, -0.15) is 0 Å². The lowest BCUT2D eigenvalue weighted by atomic mass is 10.0. The van der Waals surface area contributed by atoms with Gasteiger partial charge in [-0.05, 0) is 24.1 Å². The third kappa shape index (κ3) is 2.04. The second kappa shape index (κ2) is 4.42. The number of anilines is 1. The molecule has 0 aliphatic heterocycles. The van der Waals surface area contributed by atoms with Crippen molar-refractivity contribution in [3.05, 3.63) is 29.8 Å². The van der Waals surface area contributed by atoms with Gasteiger partial charge >= 0.3 is 0 Å². The normalized spacial score (nSPS) is 9.93. The highest BCUT2D eigenvalue weighted by Gasteiger charge is 2.08. The number of hydrogen-bond donors (Lipinski definition) is 3. The molecule has 0 spiro atoms. The minimum Gasteiger partial charge on any atom is -0.399 e. The van der Waals surface area contributed by atoms with Gasteiger partial charge in [-0.15, -0.1) is 12.6 Å². The van der Waals surface area contributed by atoms with E-state index in [1.807, 2.05) is 19.2 Å². The van der Waals surface area contributed by atoms with Crippen LogP contribution < -0.4 is 11.1 Å². The maximum Gasteiger partial charge on any atom is 0.0445 e. The quantitative estimate of drug-likeness (QED) is 0.668. The van der Waals surface area contributed by atoms with E-state index < -0.39 is 0 Å². The first-order chi connectivity index (χ1) is 6.60. The van der Waals surface area contributed by atoms with Gasteiger partial charge in [0.25, 0.3) is 0 Å². The third-order valence-corrected chi connectivity index (χ3v) is 2.43. The fourth-order valence-corrected chi connectivity index (χ4v) is 1.83. The van der Waals surface area contributed by atoms with Gasteiger partial charge < -0.3 is 11.1 Å². The summed E-state index contributed by atoms with van der Waals surface area (Å²) in [5.74, 6) is 0. The van der Waals surface area contributed by atoms with Crippen LogP contribution in [0.1, 0.15) is 18.1 Å². The molecule has 0 radical (unpaired) electrons. The number of thiol groups is 1. The van der Waals surface area contributed by atoms with Crippen molar-refractivity contribution in [2.75, 3.05) is 12.4 Å². The molecule has 0 heterocycles. The van der Waals surface area contributed by atoms with Gasteiger partial charge in [-0.25, -0.2) is 0 Å². The van der Waals surface area contributed by atoms with Crippen LogP contribution in [0.4, 0.5) is 5.69 Å². The number of benzene rings is 1. The van der Waals surface area contributed by atoms with Gasteiger partial charge in [-0.1, -0.05) is 13.5 Å². The zero-order valence-electron chi connectivity index (χ0n) is 8.59. The summed E-state index contributed by atoms with van der Waals surface area (Å²) in [7, 11) is 1.87. The minimum atomic E-state index is 0.597. The Balaban J connectivity index is 3.40. The molecular formula is C11H16N2S. The molecule has 0 saturated heterocycles. The largest absolute Gasteiger partial charge is 0.399 e. The van der Waals surface area contributed by atoms with Gasteiger partial charge in [0, 0.05) is 28.9 Å². The van der Waals surface area contributed by atoms with Gasteiger partial charge in [0.2, 0.25) is 0 Å². The fourth-order valence-electron chi connectivity index (χ4n) is 1.54. The topological polar surface area (TPSA) is 38.0 Å². The summed E-state index contributed by atoms with van der Waals surface area (Å²) >= 11 is 4.34. The molecule has 0 fully saturated rings. The van der Waals surface area contributed by atoms with Crippen LogP contribution >= 0.6 is 12.6 Å². The first kappa shape index (κ1) is 11.0. The average Bonchev–Trinajstić information content (AvgIpc) is 2.15. The molecule has 0 aromatic heterocycles. The predicted molar refractivity (Wildman–Crippen MR) is 65.8 cm³/mol. The van der Waals surface area contributed by atoms with Crippen molar-refractivity contribution in [3.63, 3.8) is 0 Å². The molecule has 3 N–H and O–H groups in total. The Kier molecular flexibility index (Phi) is 3.47. The minimum absolute atomic E-state index is 0.597. The van der Waals surface area contributed by atoms with Gasteiger partial charge in [0.15, 0.2) is 0 Å². The summed E-state index contributed by atoms with van der Waals surface area (Å²) in [6, 6.07) is 3.98. The molecule has 1 aromatic carbocycles. The van der Waals surface area contributed by atoms with Crippen molar-refractivity contribution < 1.29 is 0 Å². The molecule has 0 bridgehead atoms. The summed E-state index contributed by atoms with van der Waals surface area (Å²) in [6.45, 7) is 5.88. The highest BCUT2D eigenvalue weighted by molar-refractivity contribution is 7.80. The van der Waals surface area contributed by atoms with Crippen molar-refractivity contribution in [1.82, 2.24) is 0 Å². The van der Waals surface area contributed by atoms with E-state index in [4.69, 9.17) is 5.73 Å². The van der Waals surface area contributed by atoms with E-state index in [0.29, 0.717) is 5.70 Å². The average molecular weight is 208 g/mol. The lowest BCUT2D eigenvalue weighted by Crippen LogP contribution is -2.04. The van der Waals surface area contributed by atoms with E-state index in [1.165, 1.54) is 5.56 Å². The van der Waals surface area contributed by atoms with E-state index in [-0.39, 0.29) is 0 Å². The van der Waals surface area contributed by atoms with Crippen LogP contribution in [-0.2, 0) is 6.42 Å². The van der Waals surface area contributed by atoms with Crippen LogP contribution in [0.25, 0.3) is 5.70 Å². The zero-order valence-corrected chi connectivity index (χ0v) is 9.49. The zero-order chi connectivity index (χ0) is 10.7. The van der Waals surface area contributed by atoms with Crippen LogP contribution in [0.3, 0.4) is 0 Å². The molecule has 1 rings (SSSR count). The Morgan fingerprint density at radius 1 is 1.57 bits per heavy atom. The Morgan fingerprint density at radius 2 is 2.21 bits per heavy atom. The smallest absolute Gasteiger partial charge is 0.0445 e. The monoisotopic (exact) mass is 208 g/mol. The molecule has 0 amide bonds. The van der Waals surface area contributed by atoms with Crippen molar-refractivity contribution in [1.29, 1.82) is 0 Å². The first-order valence-corrected chi connectivity index (χ1v) is 5.03. The molecular weight excluding hydrogens is 192 g/mol. The molecule has 0 saturated carbocycles. The Labute approximate surface area is 90.6 Å². The fraction of sp³-hybridized carbons (Fsp3) is 0.273. The van der Waals surface area contributed by atoms with Crippen molar-refractivity contribution >= 4 is 24.0 Å². The molecule has 1 aromatic rings. The number of nitrogens with two attached hydrogens (primary N) is 1. The molecule has 2 nitrogen and oxygen atoms in total. The number of hydrogen-bond acceptors (Lipinski definition) is 3. The molecule has 76 valence electrons. The second-order valence-electron chi connectivity index (χ2n) is 3.16. The van der Waals surface area contributed by atoms with Crippen molar-refractivity contribution in [2.24, 2.45) is 5.73 Å². The van der Waals surface area contributed by atoms with E-state index in [2.05, 4.69) is 31.4 Å². The van der Waals surface area contributed by atoms with Crippen molar-refractivity contribution in [2.45, 2.75) is 18.2 Å². The summed E-state index contributed by atoms with van der Waals surface area (Å²) < 4.78 is 0.